The van der Waals surface area contributed by atoms with E-state index in [2.05, 4.69) is 10.1 Å². The van der Waals surface area contributed by atoms with E-state index >= 15 is 0 Å². The van der Waals surface area contributed by atoms with E-state index in [1.165, 1.54) is 19.2 Å². The van der Waals surface area contributed by atoms with Gasteiger partial charge in [-0.25, -0.2) is 0 Å². The molecule has 0 atom stereocenters. The Morgan fingerprint density at radius 2 is 1.76 bits per heavy atom. The highest BCUT2D eigenvalue weighted by Gasteiger charge is 2.40. The molecule has 2 aromatic carbocycles. The van der Waals surface area contributed by atoms with E-state index in [0.717, 1.165) is 17.0 Å². The van der Waals surface area contributed by atoms with Gasteiger partial charge in [-0.15, -0.1) is 13.2 Å². The van der Waals surface area contributed by atoms with Crippen LogP contribution in [-0.2, 0) is 14.3 Å². The first kappa shape index (κ1) is 24.1. The van der Waals surface area contributed by atoms with Crippen LogP contribution in [-0.4, -0.2) is 49.4 Å². The minimum absolute atomic E-state index is 0.0108. The highest BCUT2D eigenvalue weighted by molar-refractivity contribution is 6.37. The van der Waals surface area contributed by atoms with Gasteiger partial charge in [-0.05, 0) is 32.0 Å². The highest BCUT2D eigenvalue weighted by Crippen LogP contribution is 2.35. The molecule has 0 bridgehead atoms. The molecule has 2 amide bonds. The maximum Gasteiger partial charge on any atom is 0.573 e. The summed E-state index contributed by atoms with van der Waals surface area (Å²) in [6.45, 7) is 3.80. The maximum atomic E-state index is 13.2. The van der Waals surface area contributed by atoms with E-state index in [4.69, 9.17) is 9.47 Å². The number of nitrogens with zero attached hydrogens (tertiary/aromatic N) is 1. The summed E-state index contributed by atoms with van der Waals surface area (Å²) in [4.78, 5) is 27.4. The smallest absolute Gasteiger partial charge is 0.496 e. The lowest BCUT2D eigenvalue weighted by Crippen LogP contribution is -2.35. The van der Waals surface area contributed by atoms with Crippen LogP contribution < -0.4 is 14.8 Å². The number of carbonyl (C=O) groups is 2. The van der Waals surface area contributed by atoms with Gasteiger partial charge in [-0.1, -0.05) is 24.3 Å². The number of anilines is 1. The van der Waals surface area contributed by atoms with Gasteiger partial charge in [-0.2, -0.15) is 0 Å². The number of carbonyl (C=O) groups excluding carboxylic acids is 2. The van der Waals surface area contributed by atoms with Gasteiger partial charge in [0.2, 0.25) is 0 Å². The maximum absolute atomic E-state index is 13.2. The second kappa shape index (κ2) is 9.95. The highest BCUT2D eigenvalue weighted by atomic mass is 19.4. The van der Waals surface area contributed by atoms with Gasteiger partial charge in [0.05, 0.1) is 31.9 Å². The van der Waals surface area contributed by atoms with E-state index in [0.29, 0.717) is 11.3 Å². The molecule has 1 heterocycles. The van der Waals surface area contributed by atoms with Crippen molar-refractivity contribution in [3.63, 3.8) is 0 Å². The molecule has 0 aliphatic carbocycles. The minimum atomic E-state index is -4.87. The molecule has 0 radical (unpaired) electrons. The fourth-order valence-electron chi connectivity index (χ4n) is 3.29. The van der Waals surface area contributed by atoms with Crippen molar-refractivity contribution in [1.82, 2.24) is 4.90 Å². The van der Waals surface area contributed by atoms with Crippen LogP contribution in [0.3, 0.4) is 0 Å². The quantitative estimate of drug-likeness (QED) is 0.561. The molecule has 1 aliphatic heterocycles. The fourth-order valence-corrected chi connectivity index (χ4v) is 3.29. The summed E-state index contributed by atoms with van der Waals surface area (Å²) in [6.07, 6.45) is -4.96. The molecule has 7 nitrogen and oxygen atoms in total. The first-order valence-electron chi connectivity index (χ1n) is 10.1. The molecule has 0 saturated carbocycles. The van der Waals surface area contributed by atoms with Crippen molar-refractivity contribution in [3.05, 3.63) is 59.8 Å². The average molecular weight is 464 g/mol. The Hall–Kier alpha value is -3.53. The number of hydrogen-bond donors (Lipinski definition) is 1. The van der Waals surface area contributed by atoms with Crippen LogP contribution in [0.15, 0.2) is 54.2 Å². The molecule has 33 heavy (non-hydrogen) atoms. The van der Waals surface area contributed by atoms with Gasteiger partial charge in [0.15, 0.2) is 0 Å². The summed E-state index contributed by atoms with van der Waals surface area (Å²) in [6, 6.07) is 11.7. The van der Waals surface area contributed by atoms with E-state index in [-0.39, 0.29) is 36.2 Å². The summed E-state index contributed by atoms with van der Waals surface area (Å²) in [7, 11) is 1.43. The second-order valence-electron chi connectivity index (χ2n) is 7.33. The van der Waals surface area contributed by atoms with E-state index < -0.39 is 23.9 Å². The van der Waals surface area contributed by atoms with Gasteiger partial charge in [0, 0.05) is 17.3 Å². The fraction of sp³-hybridized carbons (Fsp3) is 0.304. The van der Waals surface area contributed by atoms with Crippen LogP contribution >= 0.6 is 0 Å². The zero-order chi connectivity index (χ0) is 24.2. The summed E-state index contributed by atoms with van der Waals surface area (Å²) < 4.78 is 52.6. The van der Waals surface area contributed by atoms with Crippen molar-refractivity contribution >= 4 is 23.1 Å². The van der Waals surface area contributed by atoms with E-state index in [9.17, 15) is 22.8 Å². The number of nitrogens with one attached hydrogen (secondary N) is 1. The van der Waals surface area contributed by atoms with Gasteiger partial charge in [0.25, 0.3) is 11.8 Å². The van der Waals surface area contributed by atoms with Crippen molar-refractivity contribution in [2.75, 3.05) is 25.6 Å². The van der Waals surface area contributed by atoms with Gasteiger partial charge >= 0.3 is 6.36 Å². The Bertz CT molecular complexity index is 1070. The van der Waals surface area contributed by atoms with Gasteiger partial charge in [-0.3, -0.25) is 14.5 Å². The zero-order valence-electron chi connectivity index (χ0n) is 18.2. The van der Waals surface area contributed by atoms with E-state index in [1.54, 1.807) is 24.3 Å². The first-order chi connectivity index (χ1) is 15.6. The number of alkyl halides is 3. The number of hydrogen-bond acceptors (Lipinski definition) is 6. The molecular weight excluding hydrogens is 441 g/mol. The predicted molar refractivity (Wildman–Crippen MR) is 114 cm³/mol. The number of amides is 2. The topological polar surface area (TPSA) is 77.1 Å². The third-order valence-electron chi connectivity index (χ3n) is 4.65. The van der Waals surface area contributed by atoms with Crippen molar-refractivity contribution in [2.24, 2.45) is 0 Å². The standard InChI is InChI=1S/C23H23F3N2O5/c1-14(2)32-12-11-28-21(29)19(17-9-4-5-10-18(17)31-3)20(22(28)30)27-15-7-6-8-16(13-15)33-23(24,25)26/h4-10,13-14,27H,11-12H2,1-3H3. The molecule has 1 aliphatic rings. The summed E-state index contributed by atoms with van der Waals surface area (Å²) in [5.41, 5.74) is 0.471. The van der Waals surface area contributed by atoms with E-state index in [1.807, 2.05) is 13.8 Å². The second-order valence-corrected chi connectivity index (χ2v) is 7.33. The van der Waals surface area contributed by atoms with Gasteiger partial charge in [0.1, 0.15) is 17.2 Å². The lowest BCUT2D eigenvalue weighted by Gasteiger charge is -2.16. The molecule has 176 valence electrons. The summed E-state index contributed by atoms with van der Waals surface area (Å²) >= 11 is 0. The lowest BCUT2D eigenvalue weighted by atomic mass is 10.0. The summed E-state index contributed by atoms with van der Waals surface area (Å²) in [5.74, 6) is -1.30. The Morgan fingerprint density at radius 3 is 2.42 bits per heavy atom. The van der Waals surface area contributed by atoms with Crippen molar-refractivity contribution in [1.29, 1.82) is 0 Å². The number of rotatable bonds is 9. The van der Waals surface area contributed by atoms with Crippen LogP contribution in [0.1, 0.15) is 19.4 Å². The predicted octanol–water partition coefficient (Wildman–Crippen LogP) is 4.21. The molecule has 0 unspecified atom stereocenters. The van der Waals surface area contributed by atoms with Crippen molar-refractivity contribution < 1.29 is 37.0 Å². The Labute approximate surface area is 188 Å². The average Bonchev–Trinajstić information content (AvgIpc) is 2.96. The molecule has 1 N–H and O–H groups in total. The third-order valence-corrected chi connectivity index (χ3v) is 4.65. The Kier molecular flexibility index (Phi) is 7.27. The normalized spacial score (nSPS) is 14.3. The largest absolute Gasteiger partial charge is 0.573 e. The molecule has 0 fully saturated rings. The summed E-state index contributed by atoms with van der Waals surface area (Å²) in [5, 5.41) is 2.80. The van der Waals surface area contributed by atoms with Crippen LogP contribution in [0.25, 0.3) is 5.57 Å². The Balaban J connectivity index is 2.00. The number of para-hydroxylation sites is 1. The molecule has 0 saturated heterocycles. The van der Waals surface area contributed by atoms with Crippen LogP contribution in [0.5, 0.6) is 11.5 Å². The minimum Gasteiger partial charge on any atom is -0.496 e. The third kappa shape index (κ3) is 5.83. The molecule has 2 aromatic rings. The molecule has 0 aromatic heterocycles. The number of halogens is 3. The molecule has 3 rings (SSSR count). The number of methoxy groups -OCH3 is 1. The number of imide groups is 1. The first-order valence-corrected chi connectivity index (χ1v) is 10.1. The molecule has 10 heteroatoms. The molecule has 0 spiro atoms. The zero-order valence-corrected chi connectivity index (χ0v) is 18.2. The SMILES string of the molecule is COc1ccccc1C1=C(Nc2cccc(OC(F)(F)F)c2)C(=O)N(CCOC(C)C)C1=O. The Morgan fingerprint density at radius 1 is 1.03 bits per heavy atom. The number of benzene rings is 2. The van der Waals surface area contributed by atoms with Gasteiger partial charge < -0.3 is 19.5 Å². The molecular formula is C23H23F3N2O5. The lowest BCUT2D eigenvalue weighted by molar-refractivity contribution is -0.274. The van der Waals surface area contributed by atoms with Crippen LogP contribution in [0.4, 0.5) is 18.9 Å². The van der Waals surface area contributed by atoms with Crippen molar-refractivity contribution in [3.8, 4) is 11.5 Å². The van der Waals surface area contributed by atoms with Crippen molar-refractivity contribution in [2.45, 2.75) is 26.3 Å². The monoisotopic (exact) mass is 464 g/mol. The van der Waals surface area contributed by atoms with Crippen LogP contribution in [0.2, 0.25) is 0 Å². The van der Waals surface area contributed by atoms with Crippen LogP contribution in [0, 0.1) is 0 Å². The number of ether oxygens (including phenoxy) is 3.